The molecule has 2 aromatic rings. The summed E-state index contributed by atoms with van der Waals surface area (Å²) in [4.78, 5) is 4.09. The van der Waals surface area contributed by atoms with E-state index in [1.807, 2.05) is 23.1 Å². The molecule has 0 bridgehead atoms. The molecule has 21 heavy (non-hydrogen) atoms. The van der Waals surface area contributed by atoms with Crippen LogP contribution in [0.5, 0.6) is 0 Å². The first-order valence-corrected chi connectivity index (χ1v) is 7.55. The van der Waals surface area contributed by atoms with Crippen LogP contribution in [-0.4, -0.2) is 23.3 Å². The zero-order chi connectivity index (χ0) is 14.8. The van der Waals surface area contributed by atoms with Crippen LogP contribution in [0.4, 0.5) is 5.69 Å². The van der Waals surface area contributed by atoms with Crippen LogP contribution in [0.25, 0.3) is 0 Å². The van der Waals surface area contributed by atoms with E-state index in [0.717, 1.165) is 11.4 Å². The van der Waals surface area contributed by atoms with E-state index in [9.17, 15) is 0 Å². The molecule has 1 aromatic heterocycles. The molecule has 3 rings (SSSR count). The molecule has 0 unspecified atom stereocenters. The number of furan rings is 1. The van der Waals surface area contributed by atoms with Crippen molar-refractivity contribution in [3.05, 3.63) is 52.4 Å². The highest BCUT2D eigenvalue weighted by atomic mass is 35.5. The van der Waals surface area contributed by atoms with Gasteiger partial charge in [-0.2, -0.15) is 0 Å². The summed E-state index contributed by atoms with van der Waals surface area (Å²) in [5.41, 5.74) is 0.797. The van der Waals surface area contributed by atoms with Gasteiger partial charge < -0.3 is 14.6 Å². The van der Waals surface area contributed by atoms with Gasteiger partial charge in [-0.15, -0.1) is 0 Å². The molecule has 1 fully saturated rings. The molecule has 0 amide bonds. The Hall–Kier alpha value is -1.27. The largest absolute Gasteiger partial charge is 0.468 e. The van der Waals surface area contributed by atoms with Crippen molar-refractivity contribution in [3.8, 4) is 0 Å². The van der Waals surface area contributed by atoms with Crippen molar-refractivity contribution in [2.75, 3.05) is 18.2 Å². The van der Waals surface area contributed by atoms with Gasteiger partial charge in [0.2, 0.25) is 0 Å². The van der Waals surface area contributed by atoms with Crippen LogP contribution >= 0.6 is 35.4 Å². The van der Waals surface area contributed by atoms with E-state index in [1.54, 1.807) is 18.4 Å². The van der Waals surface area contributed by atoms with Gasteiger partial charge in [-0.05, 0) is 42.5 Å². The fourth-order valence-electron chi connectivity index (χ4n) is 2.20. The van der Waals surface area contributed by atoms with Crippen molar-refractivity contribution in [2.45, 2.75) is 6.54 Å². The summed E-state index contributed by atoms with van der Waals surface area (Å²) in [6.45, 7) is 1.97. The third-order valence-corrected chi connectivity index (χ3v) is 4.12. The number of hydrogen-bond acceptors (Lipinski definition) is 3. The van der Waals surface area contributed by atoms with Gasteiger partial charge in [0, 0.05) is 5.02 Å². The molecule has 0 radical (unpaired) electrons. The molecule has 0 atom stereocenters. The number of thiocarbonyl (C=S) groups is 1. The smallest absolute Gasteiger partial charge is 0.175 e. The zero-order valence-corrected chi connectivity index (χ0v) is 13.4. The number of hydrogen-bond donors (Lipinski definition) is 1. The molecule has 1 N–H and O–H groups in total. The Morgan fingerprint density at radius 2 is 2.14 bits per heavy atom. The molecule has 2 heterocycles. The lowest BCUT2D eigenvalue weighted by atomic mass is 10.3. The molecule has 0 saturated carbocycles. The van der Waals surface area contributed by atoms with E-state index < -0.39 is 0 Å². The standard InChI is InChI=1S/C14H13Cl2N3OS/c15-10-3-4-12(16)13(6-10)19-9-18(8-17-14(19)21)7-11-2-1-5-20-11/h1-6H,7-9H2,(H,17,21). The summed E-state index contributed by atoms with van der Waals surface area (Å²) in [6, 6.07) is 9.17. The van der Waals surface area contributed by atoms with Gasteiger partial charge >= 0.3 is 0 Å². The minimum absolute atomic E-state index is 0.614. The van der Waals surface area contributed by atoms with Gasteiger partial charge in [0.05, 0.1) is 36.9 Å². The van der Waals surface area contributed by atoms with Crippen molar-refractivity contribution >= 4 is 46.2 Å². The van der Waals surface area contributed by atoms with Gasteiger partial charge in [-0.25, -0.2) is 0 Å². The van der Waals surface area contributed by atoms with Gasteiger partial charge in [-0.3, -0.25) is 4.90 Å². The summed E-state index contributed by atoms with van der Waals surface area (Å²) >= 11 is 17.7. The minimum Gasteiger partial charge on any atom is -0.468 e. The quantitative estimate of drug-likeness (QED) is 0.860. The lowest BCUT2D eigenvalue weighted by Gasteiger charge is -2.38. The van der Waals surface area contributed by atoms with E-state index >= 15 is 0 Å². The Balaban J connectivity index is 1.80. The summed E-state index contributed by atoms with van der Waals surface area (Å²) in [7, 11) is 0. The molecule has 1 aliphatic heterocycles. The van der Waals surface area contributed by atoms with Crippen LogP contribution in [0.2, 0.25) is 10.0 Å². The number of benzene rings is 1. The van der Waals surface area contributed by atoms with Gasteiger partial charge in [0.1, 0.15) is 5.76 Å². The van der Waals surface area contributed by atoms with Crippen molar-refractivity contribution < 1.29 is 4.42 Å². The Bertz CT molecular complexity index is 648. The summed E-state index contributed by atoms with van der Waals surface area (Å²) in [6.07, 6.45) is 1.67. The van der Waals surface area contributed by atoms with Crippen molar-refractivity contribution in [2.24, 2.45) is 0 Å². The minimum atomic E-state index is 0.614. The van der Waals surface area contributed by atoms with Gasteiger partial charge in [0.15, 0.2) is 5.11 Å². The van der Waals surface area contributed by atoms with Crippen LogP contribution in [0.3, 0.4) is 0 Å². The van der Waals surface area contributed by atoms with Crippen LogP contribution in [0.1, 0.15) is 5.76 Å². The summed E-state index contributed by atoms with van der Waals surface area (Å²) in [5, 5.41) is 5.05. The Morgan fingerprint density at radius 3 is 2.90 bits per heavy atom. The Kier molecular flexibility index (Phi) is 4.35. The van der Waals surface area contributed by atoms with Crippen LogP contribution in [-0.2, 0) is 6.54 Å². The van der Waals surface area contributed by atoms with Gasteiger partial charge in [-0.1, -0.05) is 23.2 Å². The summed E-state index contributed by atoms with van der Waals surface area (Å²) < 4.78 is 5.38. The Labute approximate surface area is 138 Å². The SMILES string of the molecule is S=C1NCN(Cc2ccco2)CN1c1cc(Cl)ccc1Cl. The molecule has 7 heteroatoms. The average Bonchev–Trinajstić information content (AvgIpc) is 2.97. The second-order valence-corrected chi connectivity index (χ2v) is 5.94. The maximum absolute atomic E-state index is 6.26. The first-order chi connectivity index (χ1) is 10.1. The topological polar surface area (TPSA) is 31.6 Å². The van der Waals surface area contributed by atoms with Crippen molar-refractivity contribution in [1.29, 1.82) is 0 Å². The van der Waals surface area contributed by atoms with Crippen LogP contribution in [0, 0.1) is 0 Å². The summed E-state index contributed by atoms with van der Waals surface area (Å²) in [5.74, 6) is 0.904. The molecule has 110 valence electrons. The van der Waals surface area contributed by atoms with E-state index in [0.29, 0.717) is 35.0 Å². The molecule has 1 aromatic carbocycles. The third-order valence-electron chi connectivity index (χ3n) is 3.20. The molecule has 0 spiro atoms. The third kappa shape index (κ3) is 3.32. The number of nitrogens with one attached hydrogen (secondary N) is 1. The fourth-order valence-corrected chi connectivity index (χ4v) is 2.80. The number of anilines is 1. The molecule has 1 saturated heterocycles. The molecular weight excluding hydrogens is 329 g/mol. The lowest BCUT2D eigenvalue weighted by Crippen LogP contribution is -2.56. The van der Waals surface area contributed by atoms with Crippen molar-refractivity contribution in [3.63, 3.8) is 0 Å². The van der Waals surface area contributed by atoms with Crippen LogP contribution < -0.4 is 10.2 Å². The molecule has 4 nitrogen and oxygen atoms in total. The van der Waals surface area contributed by atoms with E-state index in [2.05, 4.69) is 10.2 Å². The highest BCUT2D eigenvalue weighted by Crippen LogP contribution is 2.30. The highest BCUT2D eigenvalue weighted by Gasteiger charge is 2.24. The number of halogens is 2. The lowest BCUT2D eigenvalue weighted by molar-refractivity contribution is 0.232. The number of nitrogens with zero attached hydrogens (tertiary/aromatic N) is 2. The fraction of sp³-hybridized carbons (Fsp3) is 0.214. The molecule has 0 aliphatic carbocycles. The Morgan fingerprint density at radius 1 is 1.29 bits per heavy atom. The van der Waals surface area contributed by atoms with E-state index in [-0.39, 0.29) is 0 Å². The second kappa shape index (κ2) is 6.23. The van der Waals surface area contributed by atoms with Gasteiger partial charge in [0.25, 0.3) is 0 Å². The second-order valence-electron chi connectivity index (χ2n) is 4.71. The maximum atomic E-state index is 6.26. The van der Waals surface area contributed by atoms with E-state index in [4.69, 9.17) is 39.8 Å². The van der Waals surface area contributed by atoms with Crippen molar-refractivity contribution in [1.82, 2.24) is 10.2 Å². The molecule has 1 aliphatic rings. The maximum Gasteiger partial charge on any atom is 0.175 e. The first kappa shape index (κ1) is 14.7. The van der Waals surface area contributed by atoms with Crippen LogP contribution in [0.15, 0.2) is 41.0 Å². The predicted octanol–water partition coefficient (Wildman–Crippen LogP) is 3.70. The zero-order valence-electron chi connectivity index (χ0n) is 11.1. The highest BCUT2D eigenvalue weighted by molar-refractivity contribution is 7.80. The number of rotatable bonds is 3. The average molecular weight is 342 g/mol. The first-order valence-electron chi connectivity index (χ1n) is 6.38. The normalized spacial score (nSPS) is 16.1. The monoisotopic (exact) mass is 341 g/mol. The predicted molar refractivity (Wildman–Crippen MR) is 88.7 cm³/mol. The van der Waals surface area contributed by atoms with E-state index in [1.165, 1.54) is 0 Å². The molecular formula is C14H13Cl2N3OS.